The molecule has 0 radical (unpaired) electrons. The molecule has 0 atom stereocenters. The van der Waals surface area contributed by atoms with Gasteiger partial charge in [0.2, 0.25) is 0 Å². The van der Waals surface area contributed by atoms with Gasteiger partial charge in [0.15, 0.2) is 11.5 Å². The number of benzene rings is 7. The quantitative estimate of drug-likeness (QED) is 0.0779. The monoisotopic (exact) mass is 939 g/mol. The first-order valence-corrected chi connectivity index (χ1v) is 23.4. The van der Waals surface area contributed by atoms with Crippen molar-refractivity contribution in [3.05, 3.63) is 236 Å². The maximum atomic E-state index is 9.75. The number of aromatic nitrogens is 3. The van der Waals surface area contributed by atoms with Crippen LogP contribution in [0.3, 0.4) is 0 Å². The van der Waals surface area contributed by atoms with E-state index in [4.69, 9.17) is 4.74 Å². The van der Waals surface area contributed by atoms with Crippen LogP contribution in [0.4, 0.5) is 17.3 Å². The third-order valence-corrected chi connectivity index (χ3v) is 15.4. The molecule has 9 rings (SSSR count). The van der Waals surface area contributed by atoms with E-state index in [1.165, 1.54) is 37.4 Å². The summed E-state index contributed by atoms with van der Waals surface area (Å²) in [6.45, 7) is 4.07. The Morgan fingerprint density at radius 1 is 0.438 bits per heavy atom. The molecule has 324 valence electrons. The topological polar surface area (TPSA) is 39.9 Å². The van der Waals surface area contributed by atoms with Crippen molar-refractivity contribution in [1.82, 2.24) is 14.8 Å². The van der Waals surface area contributed by atoms with Gasteiger partial charge in [-0.25, -0.2) is 4.68 Å². The van der Waals surface area contributed by atoms with Crippen LogP contribution in [0.25, 0.3) is 17.1 Å². The molecule has 4 nitrogen and oxygen atoms in total. The molecule has 2 heterocycles. The third kappa shape index (κ3) is 13.0. The third-order valence-electron chi connectivity index (χ3n) is 9.88. The Morgan fingerprint density at radius 2 is 0.828 bits per heavy atom. The van der Waals surface area contributed by atoms with Crippen LogP contribution in [0, 0.1) is 13.8 Å². The van der Waals surface area contributed by atoms with Crippen molar-refractivity contribution < 1.29 is 39.1 Å². The maximum absolute atomic E-state index is 9.75. The van der Waals surface area contributed by atoms with Gasteiger partial charge in [-0.05, 0) is 116 Å². The minimum absolute atomic E-state index is 0. The fourth-order valence-corrected chi connectivity index (χ4v) is 12.4. The van der Waals surface area contributed by atoms with Gasteiger partial charge in [0.25, 0.3) is 0 Å². The van der Waals surface area contributed by atoms with Crippen molar-refractivity contribution >= 4 is 54.9 Å². The molecule has 0 saturated carbocycles. The van der Waals surface area contributed by atoms with Gasteiger partial charge in [0.1, 0.15) is 53.4 Å². The SMILES string of the molecule is Cc1cccc(-c2ccn(-c3ccccc3C)n2)n1.F[B-](F)(F)F.[Cu+].c1ccc([PH+](c2ccccc2)c2ccccc2Oc2ccccc2[PH+](c2ccccc2)c2ccccc2)cc1. The van der Waals surface area contributed by atoms with Gasteiger partial charge in [0.05, 0.1) is 11.4 Å². The number of nitrogens with zero attached hydrogens (tertiary/aromatic N) is 3. The fourth-order valence-electron chi connectivity index (χ4n) is 7.12. The Hall–Kier alpha value is -6.14. The molecular formula is C52H45BCuF4N3OP2+2. The second-order valence-electron chi connectivity index (χ2n) is 14.4. The first kappa shape index (κ1) is 47.3. The Kier molecular flexibility index (Phi) is 17.0. The summed E-state index contributed by atoms with van der Waals surface area (Å²) >= 11 is 0. The smallest absolute Gasteiger partial charge is 0.449 e. The van der Waals surface area contributed by atoms with E-state index in [1.807, 2.05) is 54.2 Å². The van der Waals surface area contributed by atoms with E-state index in [-0.39, 0.29) is 17.1 Å². The Morgan fingerprint density at radius 3 is 1.25 bits per heavy atom. The van der Waals surface area contributed by atoms with Crippen molar-refractivity contribution in [2.75, 3.05) is 0 Å². The van der Waals surface area contributed by atoms with Crippen LogP contribution in [-0.2, 0) is 17.1 Å². The summed E-state index contributed by atoms with van der Waals surface area (Å²) in [5, 5.41) is 12.5. The van der Waals surface area contributed by atoms with Crippen molar-refractivity contribution in [2.24, 2.45) is 0 Å². The summed E-state index contributed by atoms with van der Waals surface area (Å²) in [4.78, 5) is 4.50. The molecule has 0 amide bonds. The number of aryl methyl sites for hydroxylation is 2. The summed E-state index contributed by atoms with van der Waals surface area (Å²) in [6.07, 6.45) is 1.97. The molecule has 0 bridgehead atoms. The van der Waals surface area contributed by atoms with Crippen LogP contribution in [0.2, 0.25) is 0 Å². The Labute approximate surface area is 385 Å². The zero-order valence-electron chi connectivity index (χ0n) is 35.0. The number of hydrogen-bond acceptors (Lipinski definition) is 3. The number of pyridine rings is 1. The molecule has 0 unspecified atom stereocenters. The van der Waals surface area contributed by atoms with E-state index in [0.29, 0.717) is 0 Å². The van der Waals surface area contributed by atoms with Gasteiger partial charge < -0.3 is 22.0 Å². The van der Waals surface area contributed by atoms with Crippen molar-refractivity contribution in [1.29, 1.82) is 0 Å². The first-order valence-electron chi connectivity index (χ1n) is 20.4. The zero-order valence-corrected chi connectivity index (χ0v) is 37.9. The van der Waals surface area contributed by atoms with Crippen LogP contribution >= 0.6 is 15.8 Å². The number of hydrogen-bond donors (Lipinski definition) is 0. The molecule has 0 spiro atoms. The average Bonchev–Trinajstić information content (AvgIpc) is 3.80. The second kappa shape index (κ2) is 23.0. The van der Waals surface area contributed by atoms with Crippen molar-refractivity contribution in [2.45, 2.75) is 13.8 Å². The largest absolute Gasteiger partial charge is 1.00 e. The Bertz CT molecular complexity index is 2610. The fraction of sp³-hybridized carbons (Fsp3) is 0.0385. The van der Waals surface area contributed by atoms with Crippen LogP contribution in [0.1, 0.15) is 11.3 Å². The van der Waals surface area contributed by atoms with Gasteiger partial charge in [-0.2, -0.15) is 5.10 Å². The molecule has 0 aliphatic rings. The number of rotatable bonds is 10. The minimum Gasteiger partial charge on any atom is -0.449 e. The minimum atomic E-state index is -6.00. The van der Waals surface area contributed by atoms with Gasteiger partial charge >= 0.3 is 24.3 Å². The molecule has 9 aromatic rings. The van der Waals surface area contributed by atoms with Crippen molar-refractivity contribution in [3.63, 3.8) is 0 Å². The molecular weight excluding hydrogens is 895 g/mol. The van der Waals surface area contributed by atoms with Crippen molar-refractivity contribution in [3.8, 4) is 28.6 Å². The van der Waals surface area contributed by atoms with E-state index >= 15 is 0 Å². The van der Waals surface area contributed by atoms with Crippen LogP contribution in [0.15, 0.2) is 225 Å². The van der Waals surface area contributed by atoms with E-state index in [1.54, 1.807) is 0 Å². The summed E-state index contributed by atoms with van der Waals surface area (Å²) < 4.78 is 47.8. The van der Waals surface area contributed by atoms with Gasteiger partial charge in [0, 0.05) is 11.9 Å². The van der Waals surface area contributed by atoms with E-state index in [9.17, 15) is 17.3 Å². The molecule has 64 heavy (non-hydrogen) atoms. The summed E-state index contributed by atoms with van der Waals surface area (Å²) in [5.74, 6) is 1.85. The van der Waals surface area contributed by atoms with E-state index in [0.717, 1.165) is 34.3 Å². The van der Waals surface area contributed by atoms with Crippen LogP contribution < -0.4 is 36.6 Å². The Balaban J connectivity index is 0.000000226. The molecule has 2 aromatic heterocycles. The second-order valence-corrected chi connectivity index (χ2v) is 19.3. The standard InChI is InChI=1S/C36H28OP2.C16H15N3.BF4.Cu/c1-5-17-29(18-6-1)38(30-19-7-2-8-20-30)35-27-15-13-25-33(35)37-34-26-14-16-28-36(34)39(31-21-9-3-10-22-31)32-23-11-4-12-24-32;1-12-6-3-4-9-16(12)19-11-10-15(18-19)14-8-5-7-13(2)17-14;2-1(3,4)5;/h1-28H;3-11H,1-2H3;;/q;;-1;+1/p+2. The molecule has 0 N–H and O–H groups in total. The predicted octanol–water partition coefficient (Wildman–Crippen LogP) is 11.3. The molecule has 0 saturated heterocycles. The van der Waals surface area contributed by atoms with E-state index < -0.39 is 23.1 Å². The first-order chi connectivity index (χ1) is 30.6. The zero-order chi connectivity index (χ0) is 44.0. The normalized spacial score (nSPS) is 10.8. The van der Waals surface area contributed by atoms with E-state index in [2.05, 4.69) is 199 Å². The molecule has 0 aliphatic heterocycles. The van der Waals surface area contributed by atoms with Crippen LogP contribution in [-0.4, -0.2) is 22.0 Å². The maximum Gasteiger partial charge on any atom is 1.00 e. The van der Waals surface area contributed by atoms with Gasteiger partial charge in [-0.15, -0.1) is 0 Å². The summed E-state index contributed by atoms with van der Waals surface area (Å²) in [7, 11) is -8.56. The molecule has 7 aromatic carbocycles. The van der Waals surface area contributed by atoms with Crippen LogP contribution in [0.5, 0.6) is 11.5 Å². The van der Waals surface area contributed by atoms with Gasteiger partial charge in [-0.1, -0.05) is 121 Å². The molecule has 0 fully saturated rings. The summed E-state index contributed by atoms with van der Waals surface area (Å²) in [6, 6.07) is 76.7. The summed E-state index contributed by atoms with van der Waals surface area (Å²) in [5.41, 5.74) is 5.11. The molecule has 12 heteroatoms. The number of ether oxygens (including phenoxy) is 1. The molecule has 0 aliphatic carbocycles. The number of halogens is 4. The predicted molar refractivity (Wildman–Crippen MR) is 260 cm³/mol. The average molecular weight is 940 g/mol. The number of para-hydroxylation sites is 3. The van der Waals surface area contributed by atoms with Gasteiger partial charge in [-0.3, -0.25) is 4.98 Å².